The number of Topliss-reactive ketones (excluding diaryl/α,β-unsaturated/α-hetero) is 1. The Balaban J connectivity index is 1.64. The highest BCUT2D eigenvalue weighted by Crippen LogP contribution is 2.39. The number of aromatic nitrogens is 1. The van der Waals surface area contributed by atoms with Crippen LogP contribution in [0.3, 0.4) is 0 Å². The van der Waals surface area contributed by atoms with Gasteiger partial charge in [-0.3, -0.25) is 4.79 Å². The molecule has 0 radical (unpaired) electrons. The van der Waals surface area contributed by atoms with Crippen molar-refractivity contribution in [2.45, 2.75) is 0 Å². The number of aromatic amines is 1. The Morgan fingerprint density at radius 1 is 0.935 bits per heavy atom. The van der Waals surface area contributed by atoms with Crippen LogP contribution in [0.25, 0.3) is 10.9 Å². The summed E-state index contributed by atoms with van der Waals surface area (Å²) >= 11 is 1.33. The molecule has 1 aliphatic heterocycles. The molecule has 0 saturated carbocycles. The molecule has 148 valence electrons. The molecule has 5 rings (SSSR count). The Labute approximate surface area is 183 Å². The maximum Gasteiger partial charge on any atom is 0.208 e. The lowest BCUT2D eigenvalue weighted by atomic mass is 10.0. The number of hydrogen-bond donors (Lipinski definition) is 1. The number of anilines is 1. The molecule has 1 aromatic heterocycles. The predicted octanol–water partition coefficient (Wildman–Crippen LogP) is 5.70. The van der Waals surface area contributed by atoms with Gasteiger partial charge in [0.05, 0.1) is 5.69 Å². The molecule has 5 nitrogen and oxygen atoms in total. The van der Waals surface area contributed by atoms with Gasteiger partial charge in [0, 0.05) is 28.2 Å². The van der Waals surface area contributed by atoms with Crippen molar-refractivity contribution in [3.63, 3.8) is 0 Å². The van der Waals surface area contributed by atoms with Crippen LogP contribution in [0.2, 0.25) is 0 Å². The highest BCUT2D eigenvalue weighted by molar-refractivity contribution is 8.18. The SMILES string of the molecule is N#C/C(C(=O)c1c[nH]c2ccccc12)=C1/SC(c2ccccc2)=NN1c1ccccc1. The molecule has 31 heavy (non-hydrogen) atoms. The maximum absolute atomic E-state index is 13.5. The summed E-state index contributed by atoms with van der Waals surface area (Å²) in [6, 6.07) is 29.0. The average molecular weight is 420 g/mol. The molecule has 1 N–H and O–H groups in total. The number of hydrazone groups is 1. The molecule has 0 aliphatic carbocycles. The zero-order chi connectivity index (χ0) is 21.2. The lowest BCUT2D eigenvalue weighted by Crippen LogP contribution is -2.15. The number of hydrogen-bond acceptors (Lipinski definition) is 5. The number of H-pyrrole nitrogens is 1. The lowest BCUT2D eigenvalue weighted by Gasteiger charge is -2.16. The Morgan fingerprint density at radius 3 is 2.35 bits per heavy atom. The third-order valence-electron chi connectivity index (χ3n) is 4.98. The van der Waals surface area contributed by atoms with Gasteiger partial charge in [0.25, 0.3) is 0 Å². The quantitative estimate of drug-likeness (QED) is 0.261. The highest BCUT2D eigenvalue weighted by Gasteiger charge is 2.31. The largest absolute Gasteiger partial charge is 0.360 e. The van der Waals surface area contributed by atoms with E-state index < -0.39 is 0 Å². The van der Waals surface area contributed by atoms with Crippen LogP contribution in [0.1, 0.15) is 15.9 Å². The zero-order valence-corrected chi connectivity index (χ0v) is 17.1. The van der Waals surface area contributed by atoms with Gasteiger partial charge in [0.15, 0.2) is 0 Å². The normalized spacial score (nSPS) is 14.9. The van der Waals surface area contributed by atoms with Gasteiger partial charge in [-0.2, -0.15) is 10.4 Å². The second kappa shape index (κ2) is 7.98. The van der Waals surface area contributed by atoms with E-state index in [2.05, 4.69) is 11.1 Å². The fourth-order valence-corrected chi connectivity index (χ4v) is 4.51. The minimum Gasteiger partial charge on any atom is -0.360 e. The van der Waals surface area contributed by atoms with Crippen LogP contribution in [0.5, 0.6) is 0 Å². The summed E-state index contributed by atoms with van der Waals surface area (Å²) in [5.74, 6) is -0.326. The molecule has 4 aromatic rings. The summed E-state index contributed by atoms with van der Waals surface area (Å²) in [6.07, 6.45) is 1.66. The summed E-state index contributed by atoms with van der Waals surface area (Å²) in [4.78, 5) is 16.6. The van der Waals surface area contributed by atoms with E-state index in [9.17, 15) is 10.1 Å². The first-order chi connectivity index (χ1) is 15.3. The van der Waals surface area contributed by atoms with E-state index in [4.69, 9.17) is 5.10 Å². The van der Waals surface area contributed by atoms with Gasteiger partial charge in [-0.05, 0) is 30.0 Å². The maximum atomic E-state index is 13.5. The van der Waals surface area contributed by atoms with E-state index in [0.29, 0.717) is 10.6 Å². The smallest absolute Gasteiger partial charge is 0.208 e. The van der Waals surface area contributed by atoms with Crippen molar-refractivity contribution in [3.8, 4) is 6.07 Å². The van der Waals surface area contributed by atoms with Gasteiger partial charge in [-0.15, -0.1) is 0 Å². The number of ketones is 1. The number of benzene rings is 3. The number of nitriles is 1. The van der Waals surface area contributed by atoms with Crippen molar-refractivity contribution in [1.82, 2.24) is 4.98 Å². The molecule has 0 amide bonds. The Kier molecular flexibility index (Phi) is 4.87. The van der Waals surface area contributed by atoms with Gasteiger partial charge in [0.1, 0.15) is 21.7 Å². The molecule has 2 heterocycles. The molecular weight excluding hydrogens is 404 g/mol. The first-order valence-corrected chi connectivity index (χ1v) is 10.5. The minimum atomic E-state index is -0.326. The monoisotopic (exact) mass is 420 g/mol. The van der Waals surface area contributed by atoms with Gasteiger partial charge in [-0.25, -0.2) is 5.01 Å². The van der Waals surface area contributed by atoms with Crippen molar-refractivity contribution >= 4 is 39.2 Å². The number of para-hydroxylation sites is 2. The topological polar surface area (TPSA) is 72.2 Å². The van der Waals surface area contributed by atoms with Crippen molar-refractivity contribution in [1.29, 1.82) is 5.26 Å². The summed E-state index contributed by atoms with van der Waals surface area (Å²) in [6.45, 7) is 0. The Bertz CT molecular complexity index is 1380. The van der Waals surface area contributed by atoms with Crippen molar-refractivity contribution in [2.24, 2.45) is 5.10 Å². The zero-order valence-electron chi connectivity index (χ0n) is 16.3. The number of fused-ring (bicyclic) bond motifs is 1. The molecular formula is C25H16N4OS. The van der Waals surface area contributed by atoms with Crippen molar-refractivity contribution in [3.05, 3.63) is 113 Å². The number of carbonyl (C=O) groups excluding carboxylic acids is 1. The molecule has 0 unspecified atom stereocenters. The van der Waals surface area contributed by atoms with E-state index in [1.165, 1.54) is 11.8 Å². The second-order valence-electron chi connectivity index (χ2n) is 6.89. The van der Waals surface area contributed by atoms with E-state index in [0.717, 1.165) is 27.2 Å². The van der Waals surface area contributed by atoms with E-state index in [1.807, 2.05) is 84.9 Å². The number of allylic oxidation sites excluding steroid dienone is 1. The van der Waals surface area contributed by atoms with Gasteiger partial charge in [-0.1, -0.05) is 66.7 Å². The predicted molar refractivity (Wildman–Crippen MR) is 125 cm³/mol. The molecule has 0 spiro atoms. The summed E-state index contributed by atoms with van der Waals surface area (Å²) in [5, 5.41) is 18.5. The Hall–Kier alpha value is -4.08. The highest BCUT2D eigenvalue weighted by atomic mass is 32.2. The summed E-state index contributed by atoms with van der Waals surface area (Å²) in [5.41, 5.74) is 3.11. The van der Waals surface area contributed by atoms with Crippen LogP contribution in [-0.2, 0) is 0 Å². The third-order valence-corrected chi connectivity index (χ3v) is 6.07. The molecule has 0 saturated heterocycles. The van der Waals surface area contributed by atoms with Crippen LogP contribution in [0.15, 0.2) is 107 Å². The van der Waals surface area contributed by atoms with E-state index in [-0.39, 0.29) is 11.4 Å². The lowest BCUT2D eigenvalue weighted by molar-refractivity contribution is 0.104. The summed E-state index contributed by atoms with van der Waals surface area (Å²) < 4.78 is 0. The van der Waals surface area contributed by atoms with Crippen LogP contribution in [-0.4, -0.2) is 15.8 Å². The fraction of sp³-hybridized carbons (Fsp3) is 0. The number of nitrogens with one attached hydrogen (secondary N) is 1. The van der Waals surface area contributed by atoms with Gasteiger partial charge < -0.3 is 4.98 Å². The molecule has 0 bridgehead atoms. The second-order valence-corrected chi connectivity index (χ2v) is 7.87. The number of thioether (sulfide) groups is 1. The molecule has 3 aromatic carbocycles. The number of rotatable bonds is 4. The first kappa shape index (κ1) is 18.9. The van der Waals surface area contributed by atoms with Crippen LogP contribution < -0.4 is 5.01 Å². The number of carbonyl (C=O) groups is 1. The Morgan fingerprint density at radius 2 is 1.61 bits per heavy atom. The number of nitrogens with zero attached hydrogens (tertiary/aromatic N) is 3. The van der Waals surface area contributed by atoms with Crippen molar-refractivity contribution < 1.29 is 4.79 Å². The molecule has 0 fully saturated rings. The summed E-state index contributed by atoms with van der Waals surface area (Å²) in [7, 11) is 0. The van der Waals surface area contributed by atoms with Gasteiger partial charge in [0.2, 0.25) is 5.78 Å². The van der Waals surface area contributed by atoms with E-state index in [1.54, 1.807) is 11.2 Å². The molecule has 0 atom stereocenters. The van der Waals surface area contributed by atoms with Crippen LogP contribution >= 0.6 is 11.8 Å². The van der Waals surface area contributed by atoms with Crippen LogP contribution in [0.4, 0.5) is 5.69 Å². The third kappa shape index (κ3) is 3.41. The standard InChI is InChI=1S/C25H16N4OS/c26-15-20(23(30)21-16-27-22-14-8-7-13-19(21)22)25-29(18-11-5-2-6-12-18)28-24(31-25)17-9-3-1-4-10-17/h1-14,16,27H/b25-20-. The molecule has 6 heteroatoms. The van der Waals surface area contributed by atoms with Gasteiger partial charge >= 0.3 is 0 Å². The average Bonchev–Trinajstić information content (AvgIpc) is 3.46. The minimum absolute atomic E-state index is 0.0632. The van der Waals surface area contributed by atoms with Crippen LogP contribution in [0, 0.1) is 11.3 Å². The molecule has 1 aliphatic rings. The van der Waals surface area contributed by atoms with Crippen molar-refractivity contribution in [2.75, 3.05) is 5.01 Å². The fourth-order valence-electron chi connectivity index (χ4n) is 3.48. The van der Waals surface area contributed by atoms with E-state index >= 15 is 0 Å². The first-order valence-electron chi connectivity index (χ1n) is 9.68.